The minimum atomic E-state index is -4.95. The molecule has 0 aromatic rings. The number of aliphatic hydroxyl groups excluding tert-OH is 1. The first-order chi connectivity index (χ1) is 43.1. The van der Waals surface area contributed by atoms with Gasteiger partial charge in [0, 0.05) is 25.7 Å². The van der Waals surface area contributed by atoms with E-state index in [0.29, 0.717) is 37.5 Å². The van der Waals surface area contributed by atoms with E-state index in [2.05, 4.69) is 55.4 Å². The number of ether oxygens (including phenoxy) is 4. The van der Waals surface area contributed by atoms with Crippen LogP contribution < -0.4 is 0 Å². The van der Waals surface area contributed by atoms with E-state index in [9.17, 15) is 43.2 Å². The van der Waals surface area contributed by atoms with Gasteiger partial charge in [-0.3, -0.25) is 37.3 Å². The number of unbranched alkanes of at least 4 members (excludes halogenated alkanes) is 34. The monoisotopic (exact) mass is 1320 g/mol. The van der Waals surface area contributed by atoms with E-state index < -0.39 is 97.5 Å². The first-order valence-corrected chi connectivity index (χ1v) is 39.7. The molecular formula is C71H138O17P2. The fraction of sp³-hybridized carbons (Fsp3) is 0.944. The molecule has 0 spiro atoms. The molecule has 19 heteroatoms. The summed E-state index contributed by atoms with van der Waals surface area (Å²) in [5, 5.41) is 10.6. The molecule has 0 rings (SSSR count). The fourth-order valence-electron chi connectivity index (χ4n) is 10.7. The van der Waals surface area contributed by atoms with Crippen LogP contribution >= 0.6 is 15.6 Å². The fourth-order valence-corrected chi connectivity index (χ4v) is 12.2. The van der Waals surface area contributed by atoms with Crippen molar-refractivity contribution in [2.45, 2.75) is 369 Å². The van der Waals surface area contributed by atoms with E-state index in [0.717, 1.165) is 115 Å². The van der Waals surface area contributed by atoms with Crippen molar-refractivity contribution in [3.8, 4) is 0 Å². The Bertz CT molecular complexity index is 1780. The molecule has 534 valence electrons. The van der Waals surface area contributed by atoms with Gasteiger partial charge in [0.25, 0.3) is 0 Å². The topological polar surface area (TPSA) is 237 Å². The van der Waals surface area contributed by atoms with Crippen LogP contribution in [-0.2, 0) is 65.4 Å². The predicted molar refractivity (Wildman–Crippen MR) is 363 cm³/mol. The first-order valence-electron chi connectivity index (χ1n) is 36.7. The first kappa shape index (κ1) is 88.1. The van der Waals surface area contributed by atoms with Gasteiger partial charge in [-0.15, -0.1) is 0 Å². The lowest BCUT2D eigenvalue weighted by molar-refractivity contribution is -0.161. The van der Waals surface area contributed by atoms with Crippen LogP contribution in [0, 0.1) is 23.7 Å². The molecule has 0 amide bonds. The molecule has 0 saturated carbocycles. The smallest absolute Gasteiger partial charge is 0.462 e. The lowest BCUT2D eigenvalue weighted by Gasteiger charge is -2.21. The van der Waals surface area contributed by atoms with E-state index in [-0.39, 0.29) is 25.7 Å². The van der Waals surface area contributed by atoms with Crippen LogP contribution in [0.2, 0.25) is 0 Å². The van der Waals surface area contributed by atoms with Gasteiger partial charge in [-0.25, -0.2) is 9.13 Å². The summed E-state index contributed by atoms with van der Waals surface area (Å²) in [5.74, 6) is 0.814. The molecule has 17 nitrogen and oxygen atoms in total. The molecule has 0 bridgehead atoms. The Morgan fingerprint density at radius 2 is 0.467 bits per heavy atom. The lowest BCUT2D eigenvalue weighted by atomic mass is 10.0. The maximum absolute atomic E-state index is 13.0. The summed E-state index contributed by atoms with van der Waals surface area (Å²) in [6.07, 6.45) is 43.3. The van der Waals surface area contributed by atoms with E-state index in [4.69, 9.17) is 37.0 Å². The lowest BCUT2D eigenvalue weighted by Crippen LogP contribution is -2.30. The second-order valence-corrected chi connectivity index (χ2v) is 30.4. The highest BCUT2D eigenvalue weighted by atomic mass is 31.2. The SMILES string of the molecule is CC(C)CCCCCCCCCCCCCCCCC(=O)O[C@H](COC(=O)CCCCCCCCC(C)C)COP(=O)(O)OC[C@H](O)COP(=O)(O)OC[C@@H](COC(=O)CCCCCCCCCC(C)C)OC(=O)CCCCCCCCCCCCCC(C)C. The van der Waals surface area contributed by atoms with Crippen molar-refractivity contribution in [3.05, 3.63) is 0 Å². The zero-order valence-electron chi connectivity index (χ0n) is 58.8. The summed E-state index contributed by atoms with van der Waals surface area (Å²) in [6.45, 7) is 14.0. The normalized spacial score (nSPS) is 14.3. The third-order valence-corrected chi connectivity index (χ3v) is 18.2. The Morgan fingerprint density at radius 3 is 0.689 bits per heavy atom. The van der Waals surface area contributed by atoms with E-state index in [1.807, 2.05) is 0 Å². The Kier molecular flexibility index (Phi) is 59.4. The number of carbonyl (C=O) groups is 4. The number of phosphoric ester groups is 2. The van der Waals surface area contributed by atoms with Crippen LogP contribution in [0.1, 0.15) is 351 Å². The molecular weight excluding hydrogens is 1190 g/mol. The largest absolute Gasteiger partial charge is 0.472 e. The van der Waals surface area contributed by atoms with Gasteiger partial charge in [-0.05, 0) is 49.4 Å². The van der Waals surface area contributed by atoms with Gasteiger partial charge in [0.2, 0.25) is 0 Å². The molecule has 0 aromatic carbocycles. The van der Waals surface area contributed by atoms with Gasteiger partial charge in [0.1, 0.15) is 19.3 Å². The zero-order valence-corrected chi connectivity index (χ0v) is 60.6. The number of hydrogen-bond acceptors (Lipinski definition) is 15. The summed E-state index contributed by atoms with van der Waals surface area (Å²) in [4.78, 5) is 72.5. The highest BCUT2D eigenvalue weighted by molar-refractivity contribution is 7.47. The van der Waals surface area contributed by atoms with Crippen molar-refractivity contribution in [3.63, 3.8) is 0 Å². The summed E-state index contributed by atoms with van der Waals surface area (Å²) < 4.78 is 68.3. The van der Waals surface area contributed by atoms with Crippen LogP contribution in [0.25, 0.3) is 0 Å². The minimum absolute atomic E-state index is 0.105. The molecule has 0 saturated heterocycles. The molecule has 0 aliphatic rings. The van der Waals surface area contributed by atoms with Crippen LogP contribution in [0.4, 0.5) is 0 Å². The van der Waals surface area contributed by atoms with Crippen molar-refractivity contribution in [1.82, 2.24) is 0 Å². The van der Waals surface area contributed by atoms with Gasteiger partial charge in [-0.2, -0.15) is 0 Å². The van der Waals surface area contributed by atoms with Crippen LogP contribution in [-0.4, -0.2) is 96.7 Å². The molecule has 0 radical (unpaired) electrons. The highest BCUT2D eigenvalue weighted by Crippen LogP contribution is 2.45. The Labute approximate surface area is 549 Å². The summed E-state index contributed by atoms with van der Waals surface area (Å²) in [7, 11) is -9.90. The van der Waals surface area contributed by atoms with E-state index in [1.165, 1.54) is 141 Å². The number of carbonyl (C=O) groups excluding carboxylic acids is 4. The van der Waals surface area contributed by atoms with Gasteiger partial charge in [-0.1, -0.05) is 299 Å². The van der Waals surface area contributed by atoms with Crippen molar-refractivity contribution >= 4 is 39.5 Å². The van der Waals surface area contributed by atoms with Crippen LogP contribution in [0.15, 0.2) is 0 Å². The van der Waals surface area contributed by atoms with Gasteiger partial charge in [0.15, 0.2) is 12.2 Å². The Hall–Kier alpha value is -1.94. The third kappa shape index (κ3) is 64.8. The molecule has 3 N–H and O–H groups in total. The van der Waals surface area contributed by atoms with Crippen molar-refractivity contribution < 1.29 is 80.2 Å². The average molecular weight is 1330 g/mol. The molecule has 90 heavy (non-hydrogen) atoms. The molecule has 0 fully saturated rings. The van der Waals surface area contributed by atoms with Gasteiger partial charge >= 0.3 is 39.5 Å². The molecule has 5 atom stereocenters. The number of aliphatic hydroxyl groups is 1. The Morgan fingerprint density at radius 1 is 0.278 bits per heavy atom. The third-order valence-electron chi connectivity index (χ3n) is 16.3. The molecule has 0 aliphatic carbocycles. The number of phosphoric acid groups is 2. The highest BCUT2D eigenvalue weighted by Gasteiger charge is 2.30. The maximum atomic E-state index is 13.0. The molecule has 0 aliphatic heterocycles. The molecule has 2 unspecified atom stereocenters. The predicted octanol–water partition coefficient (Wildman–Crippen LogP) is 20.1. The molecule has 0 heterocycles. The average Bonchev–Trinajstić information content (AvgIpc) is 2.26. The van der Waals surface area contributed by atoms with E-state index >= 15 is 0 Å². The Balaban J connectivity index is 5.22. The number of rotatable bonds is 68. The van der Waals surface area contributed by atoms with Crippen LogP contribution in [0.3, 0.4) is 0 Å². The minimum Gasteiger partial charge on any atom is -0.462 e. The molecule has 0 aromatic heterocycles. The second-order valence-electron chi connectivity index (χ2n) is 27.5. The van der Waals surface area contributed by atoms with Gasteiger partial charge in [0.05, 0.1) is 26.4 Å². The van der Waals surface area contributed by atoms with Crippen molar-refractivity contribution in [2.24, 2.45) is 23.7 Å². The summed E-state index contributed by atoms with van der Waals surface area (Å²) >= 11 is 0. The van der Waals surface area contributed by atoms with Crippen LogP contribution in [0.5, 0.6) is 0 Å². The van der Waals surface area contributed by atoms with Crippen molar-refractivity contribution in [2.75, 3.05) is 39.6 Å². The summed E-state index contributed by atoms with van der Waals surface area (Å²) in [6, 6.07) is 0. The van der Waals surface area contributed by atoms with E-state index in [1.54, 1.807) is 0 Å². The maximum Gasteiger partial charge on any atom is 0.472 e. The quantitative estimate of drug-likeness (QED) is 0.0222. The van der Waals surface area contributed by atoms with Gasteiger partial charge < -0.3 is 33.8 Å². The number of esters is 4. The zero-order chi connectivity index (χ0) is 66.8. The second kappa shape index (κ2) is 60.7. The van der Waals surface area contributed by atoms with Crippen molar-refractivity contribution in [1.29, 1.82) is 0 Å². The number of hydrogen-bond donors (Lipinski definition) is 3. The standard InChI is InChI=1S/C71H138O17P2/c1-61(2)47-39-31-23-18-14-11-9-10-12-16-20-26-37-45-53-70(75)88-67(58-82-69(74)52-44-36-30-29-34-42-50-64(7)8)60-86-90(79,80)84-56-65(72)55-83-89(77,78)85-59-66(57-81-68(73)51-43-35-28-22-25-33-41-49-63(5)6)87-71(76)54-46-38-27-21-17-13-15-19-24-32-40-48-62(3)4/h61-67,72H,9-60H2,1-8H3,(H,77,78)(H,79,80)/t65-,66-,67-/m1/s1. The summed E-state index contributed by atoms with van der Waals surface area (Å²) in [5.41, 5.74) is 0.